The van der Waals surface area contributed by atoms with Crippen molar-refractivity contribution in [3.05, 3.63) is 29.3 Å². The lowest BCUT2D eigenvalue weighted by Gasteiger charge is -2.14. The first-order chi connectivity index (χ1) is 9.79. The zero-order valence-electron chi connectivity index (χ0n) is 11.5. The maximum atomic E-state index is 11.9. The predicted octanol–water partition coefficient (Wildman–Crippen LogP) is 0.667. The topological polar surface area (TPSA) is 104 Å². The number of nitrogens with zero attached hydrogens (tertiary/aromatic N) is 1. The second-order valence-corrected chi connectivity index (χ2v) is 6.97. The van der Waals surface area contributed by atoms with Crippen LogP contribution in [0.3, 0.4) is 0 Å². The van der Waals surface area contributed by atoms with Crippen molar-refractivity contribution in [2.75, 3.05) is 24.2 Å². The van der Waals surface area contributed by atoms with Crippen LogP contribution in [0, 0.1) is 6.92 Å². The number of carbonyl (C=O) groups is 2. The number of benzene rings is 1. The first-order valence-electron chi connectivity index (χ1n) is 6.41. The molecule has 114 valence electrons. The zero-order valence-corrected chi connectivity index (χ0v) is 12.3. The number of hydrogen-bond donors (Lipinski definition) is 2. The SMILES string of the molecule is Cc1ccc(NC(=O)CN2CCCS2(=O)=O)cc1C(=O)O. The van der Waals surface area contributed by atoms with Gasteiger partial charge in [-0.2, -0.15) is 4.31 Å². The summed E-state index contributed by atoms with van der Waals surface area (Å²) in [4.78, 5) is 22.9. The molecule has 1 saturated heterocycles. The molecule has 1 aliphatic rings. The van der Waals surface area contributed by atoms with E-state index >= 15 is 0 Å². The Morgan fingerprint density at radius 3 is 2.67 bits per heavy atom. The van der Waals surface area contributed by atoms with Crippen molar-refractivity contribution in [2.45, 2.75) is 13.3 Å². The van der Waals surface area contributed by atoms with Crippen LogP contribution in [0.2, 0.25) is 0 Å². The van der Waals surface area contributed by atoms with E-state index in [4.69, 9.17) is 5.11 Å². The molecule has 1 fully saturated rings. The molecule has 0 atom stereocenters. The molecule has 0 spiro atoms. The van der Waals surface area contributed by atoms with Crippen LogP contribution in [0.5, 0.6) is 0 Å². The van der Waals surface area contributed by atoms with Gasteiger partial charge in [-0.1, -0.05) is 6.07 Å². The standard InChI is InChI=1S/C13H16N2O5S/c1-9-3-4-10(7-11(9)13(17)18)14-12(16)8-15-5-2-6-21(15,19)20/h3-4,7H,2,5-6,8H2,1H3,(H,14,16)(H,17,18). The van der Waals surface area contributed by atoms with Crippen molar-refractivity contribution in [3.8, 4) is 0 Å². The molecule has 0 aromatic heterocycles. The predicted molar refractivity (Wildman–Crippen MR) is 76.7 cm³/mol. The minimum atomic E-state index is -3.32. The zero-order chi connectivity index (χ0) is 15.6. The summed E-state index contributed by atoms with van der Waals surface area (Å²) in [5, 5.41) is 11.5. The molecular formula is C13H16N2O5S. The minimum absolute atomic E-state index is 0.0635. The molecule has 7 nitrogen and oxygen atoms in total. The van der Waals surface area contributed by atoms with Gasteiger partial charge in [-0.3, -0.25) is 4.79 Å². The third-order valence-corrected chi connectivity index (χ3v) is 5.18. The Balaban J connectivity index is 2.06. The van der Waals surface area contributed by atoms with Crippen molar-refractivity contribution in [3.63, 3.8) is 0 Å². The summed E-state index contributed by atoms with van der Waals surface area (Å²) in [5.41, 5.74) is 1.02. The van der Waals surface area contributed by atoms with E-state index in [9.17, 15) is 18.0 Å². The summed E-state index contributed by atoms with van der Waals surface area (Å²) < 4.78 is 24.3. The number of anilines is 1. The van der Waals surface area contributed by atoms with Crippen molar-refractivity contribution in [1.29, 1.82) is 0 Å². The van der Waals surface area contributed by atoms with Gasteiger partial charge in [-0.15, -0.1) is 0 Å². The van der Waals surface area contributed by atoms with E-state index in [1.807, 2.05) is 0 Å². The molecule has 1 heterocycles. The first-order valence-corrected chi connectivity index (χ1v) is 8.02. The fraction of sp³-hybridized carbons (Fsp3) is 0.385. The molecule has 2 rings (SSSR count). The highest BCUT2D eigenvalue weighted by atomic mass is 32.2. The summed E-state index contributed by atoms with van der Waals surface area (Å²) >= 11 is 0. The smallest absolute Gasteiger partial charge is 0.336 e. The number of aryl methyl sites for hydroxylation is 1. The number of nitrogens with one attached hydrogen (secondary N) is 1. The highest BCUT2D eigenvalue weighted by molar-refractivity contribution is 7.89. The van der Waals surface area contributed by atoms with E-state index in [1.54, 1.807) is 19.1 Å². The Morgan fingerprint density at radius 2 is 2.10 bits per heavy atom. The van der Waals surface area contributed by atoms with E-state index in [2.05, 4.69) is 5.32 Å². The molecule has 0 radical (unpaired) electrons. The molecule has 0 saturated carbocycles. The van der Waals surface area contributed by atoms with Gasteiger partial charge >= 0.3 is 5.97 Å². The maximum absolute atomic E-state index is 11.9. The molecule has 1 amide bonds. The van der Waals surface area contributed by atoms with Crippen LogP contribution in [0.4, 0.5) is 5.69 Å². The first kappa shape index (κ1) is 15.5. The minimum Gasteiger partial charge on any atom is -0.478 e. The van der Waals surface area contributed by atoms with Gasteiger partial charge in [0.2, 0.25) is 15.9 Å². The normalized spacial score (nSPS) is 17.6. The van der Waals surface area contributed by atoms with Gasteiger partial charge in [0.05, 0.1) is 17.9 Å². The number of aromatic carboxylic acids is 1. The Morgan fingerprint density at radius 1 is 1.38 bits per heavy atom. The van der Waals surface area contributed by atoms with Gasteiger partial charge in [0.25, 0.3) is 0 Å². The summed E-state index contributed by atoms with van der Waals surface area (Å²) in [6.45, 7) is 1.74. The highest BCUT2D eigenvalue weighted by Crippen LogP contribution is 2.16. The summed E-state index contributed by atoms with van der Waals surface area (Å²) in [6, 6.07) is 4.53. The number of carboxylic acids is 1. The largest absolute Gasteiger partial charge is 0.478 e. The van der Waals surface area contributed by atoms with Gasteiger partial charge < -0.3 is 10.4 Å². The second kappa shape index (κ2) is 5.82. The maximum Gasteiger partial charge on any atom is 0.336 e. The van der Waals surface area contributed by atoms with Crippen LogP contribution in [0.15, 0.2) is 18.2 Å². The molecule has 21 heavy (non-hydrogen) atoms. The lowest BCUT2D eigenvalue weighted by molar-refractivity contribution is -0.116. The Bertz CT molecular complexity index is 684. The van der Waals surface area contributed by atoms with Crippen molar-refractivity contribution >= 4 is 27.6 Å². The van der Waals surface area contributed by atoms with Crippen LogP contribution in [0.1, 0.15) is 22.3 Å². The molecule has 0 aliphatic carbocycles. The number of rotatable bonds is 4. The third-order valence-electron chi connectivity index (χ3n) is 3.27. The molecule has 1 aromatic carbocycles. The average Bonchev–Trinajstić information content (AvgIpc) is 2.71. The van der Waals surface area contributed by atoms with Crippen LogP contribution < -0.4 is 5.32 Å². The molecule has 8 heteroatoms. The monoisotopic (exact) mass is 312 g/mol. The quantitative estimate of drug-likeness (QED) is 0.850. The van der Waals surface area contributed by atoms with Crippen LogP contribution in [0.25, 0.3) is 0 Å². The van der Waals surface area contributed by atoms with Gasteiger partial charge in [0.15, 0.2) is 0 Å². The van der Waals surface area contributed by atoms with Gasteiger partial charge in [-0.25, -0.2) is 13.2 Å². The van der Waals surface area contributed by atoms with Crippen molar-refractivity contribution in [2.24, 2.45) is 0 Å². The lowest BCUT2D eigenvalue weighted by Crippen LogP contribution is -2.34. The van der Waals surface area contributed by atoms with Crippen molar-refractivity contribution < 1.29 is 23.1 Å². The Hall–Kier alpha value is -1.93. The van der Waals surface area contributed by atoms with Gasteiger partial charge in [-0.05, 0) is 31.0 Å². The fourth-order valence-corrected chi connectivity index (χ4v) is 3.63. The van der Waals surface area contributed by atoms with Crippen LogP contribution in [-0.4, -0.2) is 48.5 Å². The Labute approximate surface area is 122 Å². The fourth-order valence-electron chi connectivity index (χ4n) is 2.16. The van der Waals surface area contributed by atoms with E-state index in [1.165, 1.54) is 6.07 Å². The molecule has 0 unspecified atom stereocenters. The molecular weight excluding hydrogens is 296 g/mol. The van der Waals surface area contributed by atoms with Gasteiger partial charge in [0.1, 0.15) is 0 Å². The number of hydrogen-bond acceptors (Lipinski definition) is 4. The van der Waals surface area contributed by atoms with Crippen LogP contribution in [-0.2, 0) is 14.8 Å². The number of carboxylic acid groups (broad SMARTS) is 1. The molecule has 1 aliphatic heterocycles. The second-order valence-electron chi connectivity index (χ2n) is 4.89. The third kappa shape index (κ3) is 3.59. The van der Waals surface area contributed by atoms with Gasteiger partial charge in [0, 0.05) is 12.2 Å². The number of carbonyl (C=O) groups excluding carboxylic acids is 1. The summed E-state index contributed by atoms with van der Waals surface area (Å²) in [5.74, 6) is -1.50. The highest BCUT2D eigenvalue weighted by Gasteiger charge is 2.29. The van der Waals surface area contributed by atoms with Crippen LogP contribution >= 0.6 is 0 Å². The van der Waals surface area contributed by atoms with E-state index in [0.29, 0.717) is 24.2 Å². The summed E-state index contributed by atoms with van der Waals surface area (Å²) in [7, 11) is -3.32. The number of amides is 1. The summed E-state index contributed by atoms with van der Waals surface area (Å²) in [6.07, 6.45) is 0.517. The van der Waals surface area contributed by atoms with E-state index in [0.717, 1.165) is 4.31 Å². The van der Waals surface area contributed by atoms with E-state index in [-0.39, 0.29) is 17.9 Å². The molecule has 2 N–H and O–H groups in total. The van der Waals surface area contributed by atoms with E-state index < -0.39 is 21.9 Å². The lowest BCUT2D eigenvalue weighted by atomic mass is 10.1. The molecule has 1 aromatic rings. The number of sulfonamides is 1. The Kier molecular flexibility index (Phi) is 4.29. The average molecular weight is 312 g/mol. The molecule has 0 bridgehead atoms. The van der Waals surface area contributed by atoms with Crippen molar-refractivity contribution in [1.82, 2.24) is 4.31 Å².